The second kappa shape index (κ2) is 7.65. The van der Waals surface area contributed by atoms with E-state index in [1.54, 1.807) is 0 Å². The van der Waals surface area contributed by atoms with Crippen LogP contribution >= 0.6 is 23.1 Å². The van der Waals surface area contributed by atoms with Crippen LogP contribution in [0.3, 0.4) is 0 Å². The Kier molecular flexibility index (Phi) is 6.84. The van der Waals surface area contributed by atoms with E-state index in [-0.39, 0.29) is 0 Å². The van der Waals surface area contributed by atoms with Crippen molar-refractivity contribution in [2.45, 2.75) is 65.0 Å². The Bertz CT molecular complexity index is 378. The Balaban J connectivity index is 2.74. The first kappa shape index (κ1) is 17.0. The standard InChI is InChI=1S/C15H28N2S2/c1-7-16-9-13-12(8-11(2)3)17-14(19-13)10-18-15(4,5)6/h11,16H,7-10H2,1-6H3. The molecule has 0 aliphatic carbocycles. The predicted molar refractivity (Wildman–Crippen MR) is 89.1 cm³/mol. The summed E-state index contributed by atoms with van der Waals surface area (Å²) >= 11 is 3.87. The van der Waals surface area contributed by atoms with E-state index in [0.29, 0.717) is 10.7 Å². The van der Waals surface area contributed by atoms with E-state index < -0.39 is 0 Å². The van der Waals surface area contributed by atoms with Crippen LogP contribution in [-0.4, -0.2) is 16.3 Å². The van der Waals surface area contributed by atoms with E-state index >= 15 is 0 Å². The molecule has 1 aromatic heterocycles. The van der Waals surface area contributed by atoms with Crippen LogP contribution in [0.15, 0.2) is 0 Å². The van der Waals surface area contributed by atoms with Crippen molar-refractivity contribution >= 4 is 23.1 Å². The van der Waals surface area contributed by atoms with Gasteiger partial charge in [-0.2, -0.15) is 0 Å². The van der Waals surface area contributed by atoms with Gasteiger partial charge in [-0.05, 0) is 18.9 Å². The number of nitrogens with zero attached hydrogens (tertiary/aromatic N) is 1. The molecule has 0 unspecified atom stereocenters. The molecule has 0 aliphatic heterocycles. The molecule has 0 fully saturated rings. The SMILES string of the molecule is CCNCc1sc(CSC(C)(C)C)nc1CC(C)C. The van der Waals surface area contributed by atoms with Gasteiger partial charge >= 0.3 is 0 Å². The molecule has 1 heterocycles. The van der Waals surface area contributed by atoms with Crippen molar-refractivity contribution in [3.05, 3.63) is 15.6 Å². The molecular weight excluding hydrogens is 272 g/mol. The highest BCUT2D eigenvalue weighted by molar-refractivity contribution is 7.99. The second-order valence-corrected chi connectivity index (χ2v) is 9.23. The van der Waals surface area contributed by atoms with Gasteiger partial charge < -0.3 is 5.32 Å². The highest BCUT2D eigenvalue weighted by Gasteiger charge is 2.15. The molecule has 0 amide bonds. The van der Waals surface area contributed by atoms with Gasteiger partial charge in [-0.1, -0.05) is 41.5 Å². The first-order chi connectivity index (χ1) is 8.81. The summed E-state index contributed by atoms with van der Waals surface area (Å²) in [6, 6.07) is 0. The number of thiazole rings is 1. The summed E-state index contributed by atoms with van der Waals surface area (Å²) in [6.07, 6.45) is 1.09. The van der Waals surface area contributed by atoms with Crippen molar-refractivity contribution in [3.8, 4) is 0 Å². The predicted octanol–water partition coefficient (Wildman–Crippen LogP) is 4.48. The number of rotatable bonds is 7. The summed E-state index contributed by atoms with van der Waals surface area (Å²) in [5, 5.41) is 4.71. The molecule has 19 heavy (non-hydrogen) atoms. The molecule has 0 aromatic carbocycles. The van der Waals surface area contributed by atoms with E-state index in [1.165, 1.54) is 15.6 Å². The zero-order valence-electron chi connectivity index (χ0n) is 13.2. The van der Waals surface area contributed by atoms with Gasteiger partial charge in [-0.15, -0.1) is 23.1 Å². The number of nitrogens with one attached hydrogen (secondary N) is 1. The van der Waals surface area contributed by atoms with Gasteiger partial charge in [-0.3, -0.25) is 0 Å². The van der Waals surface area contributed by atoms with Crippen LogP contribution in [0.5, 0.6) is 0 Å². The molecule has 0 radical (unpaired) electrons. The third-order valence-electron chi connectivity index (χ3n) is 2.59. The molecule has 0 saturated carbocycles. The Morgan fingerprint density at radius 3 is 2.53 bits per heavy atom. The summed E-state index contributed by atoms with van der Waals surface area (Å²) in [5.41, 5.74) is 1.31. The number of hydrogen-bond donors (Lipinski definition) is 1. The summed E-state index contributed by atoms with van der Waals surface area (Å²) in [7, 11) is 0. The van der Waals surface area contributed by atoms with Crippen LogP contribution in [0.4, 0.5) is 0 Å². The maximum Gasteiger partial charge on any atom is 0.103 e. The fourth-order valence-electron chi connectivity index (χ4n) is 1.70. The molecule has 1 rings (SSSR count). The maximum absolute atomic E-state index is 4.86. The Morgan fingerprint density at radius 2 is 2.00 bits per heavy atom. The lowest BCUT2D eigenvalue weighted by molar-refractivity contribution is 0.626. The van der Waals surface area contributed by atoms with Crippen LogP contribution < -0.4 is 5.32 Å². The fourth-order valence-corrected chi connectivity index (χ4v) is 3.59. The molecule has 0 spiro atoms. The lowest BCUT2D eigenvalue weighted by atomic mass is 10.1. The average Bonchev–Trinajstić information content (AvgIpc) is 2.64. The van der Waals surface area contributed by atoms with Gasteiger partial charge in [0.2, 0.25) is 0 Å². The molecule has 2 nitrogen and oxygen atoms in total. The molecule has 0 bridgehead atoms. The minimum atomic E-state index is 0.311. The van der Waals surface area contributed by atoms with Crippen molar-refractivity contribution in [3.63, 3.8) is 0 Å². The van der Waals surface area contributed by atoms with Gasteiger partial charge in [-0.25, -0.2) is 4.98 Å². The molecule has 0 saturated heterocycles. The van der Waals surface area contributed by atoms with Crippen LogP contribution in [0.25, 0.3) is 0 Å². The lowest BCUT2D eigenvalue weighted by Gasteiger charge is -2.16. The second-order valence-electron chi connectivity index (χ2n) is 6.26. The molecule has 110 valence electrons. The van der Waals surface area contributed by atoms with Crippen molar-refractivity contribution in [2.24, 2.45) is 5.92 Å². The monoisotopic (exact) mass is 300 g/mol. The zero-order valence-corrected chi connectivity index (χ0v) is 14.8. The van der Waals surface area contributed by atoms with Crippen LogP contribution in [0.1, 0.15) is 57.1 Å². The van der Waals surface area contributed by atoms with Gasteiger partial charge in [0.05, 0.1) is 5.69 Å². The number of aromatic nitrogens is 1. The van der Waals surface area contributed by atoms with Crippen molar-refractivity contribution < 1.29 is 0 Å². The number of hydrogen-bond acceptors (Lipinski definition) is 4. The normalized spacial score (nSPS) is 12.4. The average molecular weight is 301 g/mol. The molecule has 0 atom stereocenters. The molecule has 4 heteroatoms. The van der Waals surface area contributed by atoms with E-state index in [4.69, 9.17) is 4.98 Å². The highest BCUT2D eigenvalue weighted by Crippen LogP contribution is 2.30. The van der Waals surface area contributed by atoms with Gasteiger partial charge in [0.15, 0.2) is 0 Å². The topological polar surface area (TPSA) is 24.9 Å². The Labute approximate surface area is 126 Å². The molecular formula is C15H28N2S2. The highest BCUT2D eigenvalue weighted by atomic mass is 32.2. The summed E-state index contributed by atoms with van der Waals surface area (Å²) in [4.78, 5) is 6.29. The Morgan fingerprint density at radius 1 is 1.32 bits per heavy atom. The first-order valence-electron chi connectivity index (χ1n) is 7.14. The number of thioether (sulfide) groups is 1. The van der Waals surface area contributed by atoms with Crippen molar-refractivity contribution in [2.75, 3.05) is 6.54 Å². The minimum Gasteiger partial charge on any atom is -0.312 e. The zero-order chi connectivity index (χ0) is 14.5. The smallest absolute Gasteiger partial charge is 0.103 e. The summed E-state index contributed by atoms with van der Waals surface area (Å²) in [6.45, 7) is 15.5. The summed E-state index contributed by atoms with van der Waals surface area (Å²) in [5.74, 6) is 1.70. The first-order valence-corrected chi connectivity index (χ1v) is 8.94. The van der Waals surface area contributed by atoms with Gasteiger partial charge in [0.25, 0.3) is 0 Å². The largest absolute Gasteiger partial charge is 0.312 e. The van der Waals surface area contributed by atoms with Crippen LogP contribution in [0.2, 0.25) is 0 Å². The maximum atomic E-state index is 4.86. The van der Waals surface area contributed by atoms with Gasteiger partial charge in [0, 0.05) is 21.9 Å². The van der Waals surface area contributed by atoms with Crippen LogP contribution in [-0.2, 0) is 18.7 Å². The third kappa shape index (κ3) is 6.77. The molecule has 1 aromatic rings. The van der Waals surface area contributed by atoms with E-state index in [0.717, 1.165) is 25.3 Å². The van der Waals surface area contributed by atoms with Gasteiger partial charge in [0.1, 0.15) is 5.01 Å². The fraction of sp³-hybridized carbons (Fsp3) is 0.800. The minimum absolute atomic E-state index is 0.311. The van der Waals surface area contributed by atoms with E-state index in [2.05, 4.69) is 46.9 Å². The van der Waals surface area contributed by atoms with Crippen LogP contribution in [0, 0.1) is 5.92 Å². The van der Waals surface area contributed by atoms with E-state index in [9.17, 15) is 0 Å². The molecule has 1 N–H and O–H groups in total. The Hall–Kier alpha value is -0.0600. The van der Waals surface area contributed by atoms with Crippen molar-refractivity contribution in [1.82, 2.24) is 10.3 Å². The van der Waals surface area contributed by atoms with E-state index in [1.807, 2.05) is 23.1 Å². The van der Waals surface area contributed by atoms with Crippen molar-refractivity contribution in [1.29, 1.82) is 0 Å². The third-order valence-corrected chi connectivity index (χ3v) is 5.15. The quantitative estimate of drug-likeness (QED) is 0.803. The lowest BCUT2D eigenvalue weighted by Crippen LogP contribution is -2.12. The molecule has 0 aliphatic rings. The summed E-state index contributed by atoms with van der Waals surface area (Å²) < 4.78 is 0.311.